The van der Waals surface area contributed by atoms with Crippen LogP contribution in [0.2, 0.25) is 0 Å². The van der Waals surface area contributed by atoms with Crippen LogP contribution in [0.5, 0.6) is 11.5 Å². The topological polar surface area (TPSA) is 107 Å². The summed E-state index contributed by atoms with van der Waals surface area (Å²) >= 11 is 1.82. The Hall–Kier alpha value is -4.56. The molecule has 1 fully saturated rings. The molecule has 3 amide bonds. The Morgan fingerprint density at radius 2 is 1.60 bits per heavy atom. The van der Waals surface area contributed by atoms with Gasteiger partial charge in [-0.3, -0.25) is 23.7 Å². The number of aromatic nitrogens is 1. The Bertz CT molecular complexity index is 1870. The maximum Gasteiger partial charge on any atom is 0.418 e. The molecule has 1 N–H and O–H groups in total. The smallest absolute Gasteiger partial charge is 0.418 e. The lowest BCUT2D eigenvalue weighted by Gasteiger charge is -2.31. The molecule has 6 rings (SSSR count). The van der Waals surface area contributed by atoms with Gasteiger partial charge in [0.1, 0.15) is 23.3 Å². The molecule has 232 valence electrons. The Morgan fingerprint density at radius 3 is 2.29 bits per heavy atom. The summed E-state index contributed by atoms with van der Waals surface area (Å²) in [5.41, 5.74) is -0.548. The van der Waals surface area contributed by atoms with Crippen LogP contribution >= 0.6 is 23.1 Å². The summed E-state index contributed by atoms with van der Waals surface area (Å²) in [6.07, 6.45) is -4.71. The van der Waals surface area contributed by atoms with Gasteiger partial charge in [-0.05, 0) is 42.5 Å². The summed E-state index contributed by atoms with van der Waals surface area (Å²) in [7, 11) is 2.97. The van der Waals surface area contributed by atoms with Crippen LogP contribution in [0.15, 0.2) is 82.6 Å². The van der Waals surface area contributed by atoms with Crippen molar-refractivity contribution in [1.82, 2.24) is 4.57 Å². The number of alkyl halides is 3. The quantitative estimate of drug-likeness (QED) is 0.267. The summed E-state index contributed by atoms with van der Waals surface area (Å²) < 4.78 is 52.5. The van der Waals surface area contributed by atoms with Gasteiger partial charge in [-0.1, -0.05) is 53.4 Å². The van der Waals surface area contributed by atoms with Gasteiger partial charge < -0.3 is 14.8 Å². The number of imide groups is 1. The van der Waals surface area contributed by atoms with Crippen molar-refractivity contribution >= 4 is 52.2 Å². The highest BCUT2D eigenvalue weighted by Gasteiger charge is 2.57. The van der Waals surface area contributed by atoms with E-state index in [-0.39, 0.29) is 0 Å². The molecular weight excluding hydrogens is 631 g/mol. The number of para-hydroxylation sites is 2. The number of thioether (sulfide) groups is 1. The fourth-order valence-corrected chi connectivity index (χ4v) is 8.44. The third-order valence-corrected chi connectivity index (χ3v) is 10.3. The maximum atomic E-state index is 14.1. The number of ether oxygens (including phenoxy) is 2. The molecule has 9 nitrogen and oxygen atoms in total. The monoisotopic (exact) mass is 655 g/mol. The van der Waals surface area contributed by atoms with Crippen LogP contribution < -0.4 is 24.6 Å². The normalized spacial score (nSPS) is 19.2. The number of methoxy groups -OCH3 is 2. The number of fused-ring (bicyclic) bond motifs is 2. The van der Waals surface area contributed by atoms with Gasteiger partial charge in [-0.2, -0.15) is 13.2 Å². The minimum Gasteiger partial charge on any atom is -0.497 e. The molecule has 2 aliphatic heterocycles. The highest BCUT2D eigenvalue weighted by Crippen LogP contribution is 2.55. The first-order chi connectivity index (χ1) is 21.5. The van der Waals surface area contributed by atoms with E-state index in [0.29, 0.717) is 32.7 Å². The van der Waals surface area contributed by atoms with Crippen molar-refractivity contribution in [2.45, 2.75) is 28.9 Å². The number of halogens is 3. The van der Waals surface area contributed by atoms with Crippen molar-refractivity contribution < 1.29 is 37.0 Å². The van der Waals surface area contributed by atoms with E-state index in [2.05, 4.69) is 5.32 Å². The van der Waals surface area contributed by atoms with Crippen LogP contribution in [0.25, 0.3) is 0 Å². The zero-order valence-electron chi connectivity index (χ0n) is 23.7. The van der Waals surface area contributed by atoms with Crippen molar-refractivity contribution in [3.05, 3.63) is 98.5 Å². The highest BCUT2D eigenvalue weighted by atomic mass is 32.2. The first-order valence-corrected chi connectivity index (χ1v) is 15.2. The predicted molar refractivity (Wildman–Crippen MR) is 162 cm³/mol. The molecule has 2 aliphatic rings. The second-order valence-electron chi connectivity index (χ2n) is 10.2. The number of nitrogens with zero attached hydrogens (tertiary/aromatic N) is 2. The van der Waals surface area contributed by atoms with Gasteiger partial charge in [0.2, 0.25) is 17.7 Å². The van der Waals surface area contributed by atoms with Crippen molar-refractivity contribution in [2.75, 3.05) is 24.4 Å². The van der Waals surface area contributed by atoms with E-state index in [9.17, 15) is 32.3 Å². The van der Waals surface area contributed by atoms with Crippen LogP contribution in [0.1, 0.15) is 21.9 Å². The summed E-state index contributed by atoms with van der Waals surface area (Å²) in [4.78, 5) is 55.4. The van der Waals surface area contributed by atoms with Gasteiger partial charge in [-0.25, -0.2) is 4.90 Å². The fraction of sp³-hybridized carbons (Fsp3) is 0.226. The van der Waals surface area contributed by atoms with Gasteiger partial charge in [0.05, 0.1) is 42.1 Å². The second kappa shape index (κ2) is 11.7. The minimum absolute atomic E-state index is 0.291. The zero-order valence-corrected chi connectivity index (χ0v) is 25.3. The molecule has 14 heteroatoms. The number of amides is 3. The molecule has 0 radical (unpaired) electrons. The van der Waals surface area contributed by atoms with E-state index in [1.165, 1.54) is 26.4 Å². The molecule has 0 spiro atoms. The SMILES string of the molecule is COc1ccc(N2C(=O)[C@H]3[C@H](c4ccccc4OC)c4sc(=O)n(CC(=O)Nc5ccccc5C(F)(F)F)c4S[C@H]3C2=O)cc1. The van der Waals surface area contributed by atoms with Crippen LogP contribution in [-0.4, -0.2) is 41.8 Å². The van der Waals surface area contributed by atoms with Crippen molar-refractivity contribution in [1.29, 1.82) is 0 Å². The molecule has 45 heavy (non-hydrogen) atoms. The Kier molecular flexibility index (Phi) is 7.95. The molecule has 4 aromatic rings. The van der Waals surface area contributed by atoms with Crippen molar-refractivity contribution in [3.8, 4) is 11.5 Å². The first-order valence-electron chi connectivity index (χ1n) is 13.5. The standard InChI is InChI=1S/C31H24F3N3O6S2/c1-42-17-13-11-16(12-14-17)37-27(39)24-23(18-7-3-6-10-21(18)43-2)26-29(44-25(24)28(37)40)36(30(41)45-26)15-22(38)35-20-9-5-4-8-19(20)31(32,33)34/h3-14,23-25H,15H2,1-2H3,(H,35,38)/t23-,24-,25+/m0/s1. The molecule has 3 aromatic carbocycles. The molecule has 0 unspecified atom stereocenters. The third kappa shape index (κ3) is 5.37. The minimum atomic E-state index is -4.71. The fourth-order valence-electron chi connectivity index (χ4n) is 5.67. The maximum absolute atomic E-state index is 14.1. The molecule has 0 aliphatic carbocycles. The second-order valence-corrected chi connectivity index (χ2v) is 12.3. The van der Waals surface area contributed by atoms with Gasteiger partial charge >= 0.3 is 11.0 Å². The van der Waals surface area contributed by atoms with Gasteiger partial charge in [0.15, 0.2) is 0 Å². The van der Waals surface area contributed by atoms with E-state index in [4.69, 9.17) is 9.47 Å². The number of anilines is 2. The van der Waals surface area contributed by atoms with Crippen LogP contribution in [0, 0.1) is 5.92 Å². The third-order valence-electron chi connectivity index (χ3n) is 7.66. The lowest BCUT2D eigenvalue weighted by molar-refractivity contribution is -0.137. The molecule has 3 heterocycles. The first kappa shape index (κ1) is 30.5. The number of carbonyl (C=O) groups is 3. The molecule has 0 saturated carbocycles. The van der Waals surface area contributed by atoms with E-state index in [1.54, 1.807) is 48.5 Å². The average molecular weight is 656 g/mol. The zero-order chi connectivity index (χ0) is 32.0. The highest BCUT2D eigenvalue weighted by molar-refractivity contribution is 8.00. The molecule has 1 saturated heterocycles. The van der Waals surface area contributed by atoms with Crippen molar-refractivity contribution in [3.63, 3.8) is 0 Å². The molecular formula is C31H24F3N3O6S2. The van der Waals surface area contributed by atoms with Crippen LogP contribution in [-0.2, 0) is 27.1 Å². The number of benzene rings is 3. The number of carbonyl (C=O) groups excluding carboxylic acids is 3. The molecule has 0 bridgehead atoms. The van der Waals surface area contributed by atoms with E-state index < -0.39 is 63.7 Å². The van der Waals surface area contributed by atoms with Crippen LogP contribution in [0.3, 0.4) is 0 Å². The van der Waals surface area contributed by atoms with Crippen molar-refractivity contribution in [2.24, 2.45) is 5.92 Å². The molecule has 3 atom stereocenters. The Balaban J connectivity index is 1.41. The number of nitrogens with one attached hydrogen (secondary N) is 1. The number of thiazole rings is 1. The van der Waals surface area contributed by atoms with E-state index in [0.717, 1.165) is 44.7 Å². The Labute approximate surface area is 262 Å². The van der Waals surface area contributed by atoms with Gasteiger partial charge in [0, 0.05) is 16.4 Å². The number of hydrogen-bond acceptors (Lipinski definition) is 8. The van der Waals surface area contributed by atoms with E-state index >= 15 is 0 Å². The lowest BCUT2D eigenvalue weighted by Crippen LogP contribution is -2.33. The molecule has 1 aromatic heterocycles. The predicted octanol–water partition coefficient (Wildman–Crippen LogP) is 5.38. The number of hydrogen-bond donors (Lipinski definition) is 1. The summed E-state index contributed by atoms with van der Waals surface area (Å²) in [5, 5.41) is 1.60. The summed E-state index contributed by atoms with van der Waals surface area (Å²) in [6.45, 7) is -0.607. The lowest BCUT2D eigenvalue weighted by atomic mass is 9.82. The number of rotatable bonds is 7. The van der Waals surface area contributed by atoms with Gasteiger partial charge in [0.25, 0.3) is 0 Å². The largest absolute Gasteiger partial charge is 0.497 e. The van der Waals surface area contributed by atoms with Crippen LogP contribution in [0.4, 0.5) is 24.5 Å². The summed E-state index contributed by atoms with van der Waals surface area (Å²) in [5.74, 6) is -2.53. The van der Waals surface area contributed by atoms with Gasteiger partial charge in [-0.15, -0.1) is 0 Å². The average Bonchev–Trinajstić information content (AvgIpc) is 3.47. The summed E-state index contributed by atoms with van der Waals surface area (Å²) in [6, 6.07) is 18.0. The van der Waals surface area contributed by atoms with E-state index in [1.807, 2.05) is 0 Å². The Morgan fingerprint density at radius 1 is 0.911 bits per heavy atom.